The summed E-state index contributed by atoms with van der Waals surface area (Å²) in [5.41, 5.74) is 2.07. The van der Waals surface area contributed by atoms with Crippen LogP contribution in [0.25, 0.3) is 10.9 Å². The molecule has 3 aromatic rings. The highest BCUT2D eigenvalue weighted by molar-refractivity contribution is 7.15. The molecule has 1 aromatic carbocycles. The molecule has 0 unspecified atom stereocenters. The van der Waals surface area contributed by atoms with Crippen LogP contribution in [0.5, 0.6) is 0 Å². The molecule has 3 rings (SSSR count). The number of carbonyl (C=O) groups is 2. The number of rotatable bonds is 9. The van der Waals surface area contributed by atoms with Gasteiger partial charge in [-0.2, -0.15) is 0 Å². The Kier molecular flexibility index (Phi) is 7.02. The zero-order valence-electron chi connectivity index (χ0n) is 16.4. The van der Waals surface area contributed by atoms with Gasteiger partial charge in [-0.1, -0.05) is 29.5 Å². The standard InChI is InChI=1S/C20H22N4O5S/c1-2-29-19(25)12-22-20(26)23(13-15-7-8-18(30-15)24(27)28)10-9-14-11-21-17-6-4-3-5-16(14)17/h3-8,11,21H,2,9-10,12-13H2,1H3,(H,22,26). The SMILES string of the molecule is CCOC(=O)CNC(=O)N(CCc1c[nH]c2ccccc12)Cc1ccc([N+](=O)[O-])s1. The van der Waals surface area contributed by atoms with Crippen molar-refractivity contribution in [1.82, 2.24) is 15.2 Å². The number of H-pyrrole nitrogens is 1. The van der Waals surface area contributed by atoms with E-state index >= 15 is 0 Å². The molecule has 30 heavy (non-hydrogen) atoms. The van der Waals surface area contributed by atoms with E-state index in [-0.39, 0.29) is 24.7 Å². The van der Waals surface area contributed by atoms with E-state index in [9.17, 15) is 19.7 Å². The van der Waals surface area contributed by atoms with Crippen LogP contribution in [0.4, 0.5) is 9.80 Å². The zero-order chi connectivity index (χ0) is 21.5. The van der Waals surface area contributed by atoms with Crippen LogP contribution < -0.4 is 5.32 Å². The third kappa shape index (κ3) is 5.35. The average Bonchev–Trinajstić information content (AvgIpc) is 3.37. The molecule has 2 heterocycles. The Bertz CT molecular complexity index is 1040. The number of aromatic nitrogens is 1. The molecule has 2 amide bonds. The number of amides is 2. The van der Waals surface area contributed by atoms with Crippen molar-refractivity contribution in [2.75, 3.05) is 19.7 Å². The van der Waals surface area contributed by atoms with E-state index in [4.69, 9.17) is 4.74 Å². The van der Waals surface area contributed by atoms with Gasteiger partial charge in [0.05, 0.1) is 18.1 Å². The molecule has 2 N–H and O–H groups in total. The third-order valence-corrected chi connectivity index (χ3v) is 5.50. The van der Waals surface area contributed by atoms with Crippen molar-refractivity contribution in [2.45, 2.75) is 19.9 Å². The number of carbonyl (C=O) groups excluding carboxylic acids is 2. The summed E-state index contributed by atoms with van der Waals surface area (Å²) < 4.78 is 4.84. The van der Waals surface area contributed by atoms with Gasteiger partial charge in [-0.25, -0.2) is 4.79 Å². The van der Waals surface area contributed by atoms with Gasteiger partial charge in [0, 0.05) is 34.6 Å². The Balaban J connectivity index is 1.71. The van der Waals surface area contributed by atoms with Crippen LogP contribution in [-0.2, 0) is 22.5 Å². The molecule has 0 aliphatic heterocycles. The topological polar surface area (TPSA) is 118 Å². The van der Waals surface area contributed by atoms with Crippen molar-refractivity contribution in [3.63, 3.8) is 0 Å². The van der Waals surface area contributed by atoms with E-state index in [1.807, 2.05) is 30.5 Å². The Hall–Kier alpha value is -3.40. The summed E-state index contributed by atoms with van der Waals surface area (Å²) in [4.78, 5) is 40.2. The van der Waals surface area contributed by atoms with Crippen LogP contribution in [0.2, 0.25) is 0 Å². The van der Waals surface area contributed by atoms with Crippen LogP contribution in [0.1, 0.15) is 17.4 Å². The van der Waals surface area contributed by atoms with E-state index in [1.54, 1.807) is 13.0 Å². The maximum atomic E-state index is 12.7. The second-order valence-electron chi connectivity index (χ2n) is 6.49. The van der Waals surface area contributed by atoms with Gasteiger partial charge in [-0.05, 0) is 31.0 Å². The van der Waals surface area contributed by atoms with Crippen molar-refractivity contribution < 1.29 is 19.2 Å². The van der Waals surface area contributed by atoms with Gasteiger partial charge in [0.25, 0.3) is 0 Å². The molecule has 0 saturated carbocycles. The van der Waals surface area contributed by atoms with Crippen LogP contribution in [0.3, 0.4) is 0 Å². The molecule has 0 aliphatic carbocycles. The predicted octanol–water partition coefficient (Wildman–Crippen LogP) is 3.46. The molecule has 0 bridgehead atoms. The Morgan fingerprint density at radius 3 is 2.80 bits per heavy atom. The summed E-state index contributed by atoms with van der Waals surface area (Å²) in [5.74, 6) is -0.519. The minimum absolute atomic E-state index is 0.0218. The first-order chi connectivity index (χ1) is 14.5. The lowest BCUT2D eigenvalue weighted by atomic mass is 10.1. The summed E-state index contributed by atoms with van der Waals surface area (Å²) in [6.07, 6.45) is 2.50. The number of esters is 1. The number of ether oxygens (including phenoxy) is 1. The van der Waals surface area contributed by atoms with E-state index in [0.29, 0.717) is 17.8 Å². The van der Waals surface area contributed by atoms with Crippen LogP contribution in [0.15, 0.2) is 42.6 Å². The number of para-hydroxylation sites is 1. The number of fused-ring (bicyclic) bond motifs is 1. The number of hydrogen-bond donors (Lipinski definition) is 2. The van der Waals surface area contributed by atoms with Gasteiger partial charge in [-0.15, -0.1) is 0 Å². The van der Waals surface area contributed by atoms with Crippen LogP contribution >= 0.6 is 11.3 Å². The molecule has 0 aliphatic rings. The average molecular weight is 430 g/mol. The fraction of sp³-hybridized carbons (Fsp3) is 0.300. The van der Waals surface area contributed by atoms with E-state index in [0.717, 1.165) is 27.8 Å². The smallest absolute Gasteiger partial charge is 0.325 e. The number of benzene rings is 1. The van der Waals surface area contributed by atoms with Crippen molar-refractivity contribution >= 4 is 39.2 Å². The second kappa shape index (κ2) is 9.88. The molecular formula is C20H22N4O5S. The Morgan fingerprint density at radius 2 is 2.07 bits per heavy atom. The number of nitrogens with one attached hydrogen (secondary N) is 2. The Morgan fingerprint density at radius 1 is 1.27 bits per heavy atom. The molecule has 10 heteroatoms. The van der Waals surface area contributed by atoms with E-state index in [1.165, 1.54) is 11.0 Å². The highest BCUT2D eigenvalue weighted by Gasteiger charge is 2.19. The molecule has 0 spiro atoms. The van der Waals surface area contributed by atoms with Crippen LogP contribution in [-0.4, -0.2) is 46.5 Å². The summed E-state index contributed by atoms with van der Waals surface area (Å²) in [6.45, 7) is 2.27. The van der Waals surface area contributed by atoms with Gasteiger partial charge in [-0.3, -0.25) is 14.9 Å². The summed E-state index contributed by atoms with van der Waals surface area (Å²) in [5, 5.41) is 14.6. The largest absolute Gasteiger partial charge is 0.465 e. The lowest BCUT2D eigenvalue weighted by Crippen LogP contribution is -2.42. The third-order valence-electron chi connectivity index (χ3n) is 4.48. The maximum absolute atomic E-state index is 12.7. The van der Waals surface area contributed by atoms with Crippen molar-refractivity contribution in [1.29, 1.82) is 0 Å². The summed E-state index contributed by atoms with van der Waals surface area (Å²) >= 11 is 1.03. The number of nitro groups is 1. The van der Waals surface area contributed by atoms with Gasteiger partial charge in [0.1, 0.15) is 6.54 Å². The molecule has 2 aromatic heterocycles. The Labute approximate surface area is 176 Å². The summed E-state index contributed by atoms with van der Waals surface area (Å²) in [7, 11) is 0. The van der Waals surface area contributed by atoms with Crippen molar-refractivity contribution in [2.24, 2.45) is 0 Å². The van der Waals surface area contributed by atoms with Gasteiger partial charge in [0.15, 0.2) is 0 Å². The highest BCUT2D eigenvalue weighted by atomic mass is 32.1. The first-order valence-corrected chi connectivity index (χ1v) is 10.3. The van der Waals surface area contributed by atoms with E-state index in [2.05, 4.69) is 10.3 Å². The van der Waals surface area contributed by atoms with Crippen molar-refractivity contribution in [3.05, 3.63) is 63.1 Å². The molecular weight excluding hydrogens is 408 g/mol. The molecule has 9 nitrogen and oxygen atoms in total. The lowest BCUT2D eigenvalue weighted by Gasteiger charge is -2.22. The first-order valence-electron chi connectivity index (χ1n) is 9.44. The fourth-order valence-corrected chi connectivity index (χ4v) is 3.89. The molecule has 158 valence electrons. The summed E-state index contributed by atoms with van der Waals surface area (Å²) in [6, 6.07) is 10.5. The van der Waals surface area contributed by atoms with Gasteiger partial charge in [0.2, 0.25) is 0 Å². The second-order valence-corrected chi connectivity index (χ2v) is 7.64. The number of aromatic amines is 1. The van der Waals surface area contributed by atoms with Crippen LogP contribution in [0, 0.1) is 10.1 Å². The highest BCUT2D eigenvalue weighted by Crippen LogP contribution is 2.25. The minimum Gasteiger partial charge on any atom is -0.465 e. The first kappa shape index (κ1) is 21.3. The number of nitrogens with zero attached hydrogens (tertiary/aromatic N) is 2. The fourth-order valence-electron chi connectivity index (χ4n) is 3.06. The number of thiophene rings is 1. The predicted molar refractivity (Wildman–Crippen MR) is 113 cm³/mol. The lowest BCUT2D eigenvalue weighted by molar-refractivity contribution is -0.380. The molecule has 0 fully saturated rings. The molecule has 0 radical (unpaired) electrons. The minimum atomic E-state index is -0.519. The van der Waals surface area contributed by atoms with Gasteiger partial charge < -0.3 is 19.9 Å². The van der Waals surface area contributed by atoms with E-state index < -0.39 is 16.9 Å². The number of urea groups is 1. The molecule has 0 atom stereocenters. The zero-order valence-corrected chi connectivity index (χ0v) is 17.2. The maximum Gasteiger partial charge on any atom is 0.325 e. The van der Waals surface area contributed by atoms with Crippen molar-refractivity contribution in [3.8, 4) is 0 Å². The van der Waals surface area contributed by atoms with Gasteiger partial charge >= 0.3 is 17.0 Å². The number of hydrogen-bond acceptors (Lipinski definition) is 6. The monoisotopic (exact) mass is 430 g/mol. The normalized spacial score (nSPS) is 10.7. The molecule has 0 saturated heterocycles. The quantitative estimate of drug-likeness (QED) is 0.306.